The van der Waals surface area contributed by atoms with Gasteiger partial charge in [-0.1, -0.05) is 0 Å². The predicted molar refractivity (Wildman–Crippen MR) is 82.5 cm³/mol. The molecule has 21 heavy (non-hydrogen) atoms. The highest BCUT2D eigenvalue weighted by Crippen LogP contribution is 2.17. The van der Waals surface area contributed by atoms with Gasteiger partial charge in [-0.25, -0.2) is 4.79 Å². The van der Waals surface area contributed by atoms with Crippen molar-refractivity contribution >= 4 is 28.3 Å². The van der Waals surface area contributed by atoms with Crippen LogP contribution in [-0.2, 0) is 0 Å². The van der Waals surface area contributed by atoms with Gasteiger partial charge in [0.15, 0.2) is 0 Å². The third-order valence-electron chi connectivity index (χ3n) is 3.31. The zero-order valence-corrected chi connectivity index (χ0v) is 11.4. The Balaban J connectivity index is 1.88. The van der Waals surface area contributed by atoms with Crippen LogP contribution >= 0.6 is 0 Å². The molecule has 0 bridgehead atoms. The number of rotatable bonds is 2. The number of imidazole rings is 1. The molecule has 2 aromatic carbocycles. The van der Waals surface area contributed by atoms with Crippen LogP contribution in [0.15, 0.2) is 41.2 Å². The predicted octanol–water partition coefficient (Wildman–Crippen LogP) is 2.00. The Kier molecular flexibility index (Phi) is 2.98. The van der Waals surface area contributed by atoms with Crippen LogP contribution in [0.25, 0.3) is 11.0 Å². The minimum atomic E-state index is -0.275. The summed E-state index contributed by atoms with van der Waals surface area (Å²) in [7, 11) is 0. The van der Waals surface area contributed by atoms with Crippen molar-refractivity contribution < 1.29 is 4.79 Å². The van der Waals surface area contributed by atoms with Crippen LogP contribution < -0.4 is 16.7 Å². The van der Waals surface area contributed by atoms with Crippen LogP contribution in [0.5, 0.6) is 0 Å². The smallest absolute Gasteiger partial charge is 0.323 e. The SMILES string of the molecule is Cc1cc(C(=O)Nc2ccc3[nH]c(=O)[nH]c3c2)ccc1N. The lowest BCUT2D eigenvalue weighted by atomic mass is 10.1. The number of aryl methyl sites for hydroxylation is 1. The van der Waals surface area contributed by atoms with Crippen molar-refractivity contribution in [3.63, 3.8) is 0 Å². The van der Waals surface area contributed by atoms with Gasteiger partial charge in [0.1, 0.15) is 0 Å². The summed E-state index contributed by atoms with van der Waals surface area (Å²) < 4.78 is 0. The van der Waals surface area contributed by atoms with Gasteiger partial charge >= 0.3 is 5.69 Å². The van der Waals surface area contributed by atoms with E-state index in [4.69, 9.17) is 5.73 Å². The van der Waals surface area contributed by atoms with Gasteiger partial charge in [-0.05, 0) is 48.9 Å². The van der Waals surface area contributed by atoms with E-state index in [1.807, 2.05) is 6.92 Å². The first-order chi connectivity index (χ1) is 10.0. The zero-order chi connectivity index (χ0) is 15.0. The van der Waals surface area contributed by atoms with Gasteiger partial charge in [0.25, 0.3) is 5.91 Å². The Morgan fingerprint density at radius 1 is 1.10 bits per heavy atom. The van der Waals surface area contributed by atoms with Crippen LogP contribution in [0.2, 0.25) is 0 Å². The average molecular weight is 282 g/mol. The molecule has 0 spiro atoms. The highest BCUT2D eigenvalue weighted by atomic mass is 16.2. The normalized spacial score (nSPS) is 10.7. The van der Waals surface area contributed by atoms with E-state index in [9.17, 15) is 9.59 Å². The topological polar surface area (TPSA) is 104 Å². The molecule has 3 aromatic rings. The molecule has 0 unspecified atom stereocenters. The van der Waals surface area contributed by atoms with E-state index >= 15 is 0 Å². The number of anilines is 2. The van der Waals surface area contributed by atoms with Crippen molar-refractivity contribution in [1.29, 1.82) is 0 Å². The van der Waals surface area contributed by atoms with E-state index in [2.05, 4.69) is 15.3 Å². The molecule has 0 atom stereocenters. The molecule has 1 amide bonds. The first-order valence-electron chi connectivity index (χ1n) is 6.42. The molecular weight excluding hydrogens is 268 g/mol. The second-order valence-corrected chi connectivity index (χ2v) is 4.86. The molecule has 106 valence electrons. The molecule has 6 heteroatoms. The number of fused-ring (bicyclic) bond motifs is 1. The van der Waals surface area contributed by atoms with Crippen molar-refractivity contribution in [2.75, 3.05) is 11.1 Å². The third-order valence-corrected chi connectivity index (χ3v) is 3.31. The number of carbonyl (C=O) groups excluding carboxylic acids is 1. The molecule has 0 fully saturated rings. The summed E-state index contributed by atoms with van der Waals surface area (Å²) >= 11 is 0. The van der Waals surface area contributed by atoms with Crippen LogP contribution in [0.4, 0.5) is 11.4 Å². The van der Waals surface area contributed by atoms with Gasteiger partial charge in [-0.2, -0.15) is 0 Å². The third kappa shape index (κ3) is 2.51. The summed E-state index contributed by atoms with van der Waals surface area (Å²) in [6, 6.07) is 10.3. The number of carbonyl (C=O) groups is 1. The molecule has 0 aliphatic heterocycles. The summed E-state index contributed by atoms with van der Waals surface area (Å²) in [6.07, 6.45) is 0. The Morgan fingerprint density at radius 3 is 2.62 bits per heavy atom. The van der Waals surface area contributed by atoms with Crippen molar-refractivity contribution in [3.05, 3.63) is 58.0 Å². The second kappa shape index (κ2) is 4.82. The number of nitrogens with one attached hydrogen (secondary N) is 3. The molecule has 0 saturated carbocycles. The minimum absolute atomic E-state index is 0.227. The summed E-state index contributed by atoms with van der Waals surface area (Å²) in [5, 5.41) is 2.79. The minimum Gasteiger partial charge on any atom is -0.399 e. The molecule has 0 aliphatic carbocycles. The Morgan fingerprint density at radius 2 is 1.86 bits per heavy atom. The quantitative estimate of drug-likeness (QED) is 0.540. The zero-order valence-electron chi connectivity index (χ0n) is 11.4. The fraction of sp³-hybridized carbons (Fsp3) is 0.0667. The van der Waals surface area contributed by atoms with Crippen molar-refractivity contribution in [2.45, 2.75) is 6.92 Å². The maximum absolute atomic E-state index is 12.2. The van der Waals surface area contributed by atoms with E-state index in [1.54, 1.807) is 36.4 Å². The monoisotopic (exact) mass is 282 g/mol. The van der Waals surface area contributed by atoms with Crippen LogP contribution in [0.1, 0.15) is 15.9 Å². The number of H-pyrrole nitrogens is 2. The largest absolute Gasteiger partial charge is 0.399 e. The number of nitrogens with two attached hydrogens (primary N) is 1. The summed E-state index contributed by atoms with van der Waals surface area (Å²) in [4.78, 5) is 28.7. The summed E-state index contributed by atoms with van der Waals surface area (Å²) in [5.74, 6) is -0.227. The number of aromatic amines is 2. The molecule has 1 aromatic heterocycles. The lowest BCUT2D eigenvalue weighted by Gasteiger charge is -2.07. The number of aromatic nitrogens is 2. The molecule has 0 saturated heterocycles. The Hall–Kier alpha value is -3.02. The van der Waals surface area contributed by atoms with Gasteiger partial charge in [0.05, 0.1) is 11.0 Å². The fourth-order valence-corrected chi connectivity index (χ4v) is 2.13. The highest BCUT2D eigenvalue weighted by molar-refractivity contribution is 6.05. The van der Waals surface area contributed by atoms with Gasteiger partial charge in [0.2, 0.25) is 0 Å². The maximum atomic E-state index is 12.2. The molecular formula is C15H14N4O2. The molecule has 0 radical (unpaired) electrons. The highest BCUT2D eigenvalue weighted by Gasteiger charge is 2.08. The van der Waals surface area contributed by atoms with E-state index in [-0.39, 0.29) is 11.6 Å². The van der Waals surface area contributed by atoms with E-state index in [0.29, 0.717) is 28.0 Å². The number of hydrogen-bond acceptors (Lipinski definition) is 3. The molecule has 1 heterocycles. The van der Waals surface area contributed by atoms with Crippen molar-refractivity contribution in [2.24, 2.45) is 0 Å². The molecule has 6 nitrogen and oxygen atoms in total. The molecule has 0 aliphatic rings. The van der Waals surface area contributed by atoms with Gasteiger partial charge < -0.3 is 21.0 Å². The first kappa shape index (κ1) is 13.0. The van der Waals surface area contributed by atoms with E-state index < -0.39 is 0 Å². The van der Waals surface area contributed by atoms with E-state index in [1.165, 1.54) is 0 Å². The maximum Gasteiger partial charge on any atom is 0.323 e. The number of hydrogen-bond donors (Lipinski definition) is 4. The first-order valence-corrected chi connectivity index (χ1v) is 6.42. The Bertz CT molecular complexity index is 892. The van der Waals surface area contributed by atoms with Crippen LogP contribution in [-0.4, -0.2) is 15.9 Å². The van der Waals surface area contributed by atoms with Gasteiger partial charge in [0, 0.05) is 16.9 Å². The summed E-state index contributed by atoms with van der Waals surface area (Å²) in [5.41, 5.74) is 9.45. The van der Waals surface area contributed by atoms with Gasteiger partial charge in [-0.15, -0.1) is 0 Å². The van der Waals surface area contributed by atoms with Crippen LogP contribution in [0.3, 0.4) is 0 Å². The van der Waals surface area contributed by atoms with E-state index in [0.717, 1.165) is 5.56 Å². The molecule has 5 N–H and O–H groups in total. The fourth-order valence-electron chi connectivity index (χ4n) is 2.13. The summed E-state index contributed by atoms with van der Waals surface area (Å²) in [6.45, 7) is 1.85. The number of benzene rings is 2. The number of nitrogen functional groups attached to an aromatic ring is 1. The lowest BCUT2D eigenvalue weighted by Crippen LogP contribution is -2.12. The second-order valence-electron chi connectivity index (χ2n) is 4.86. The van der Waals surface area contributed by atoms with Crippen molar-refractivity contribution in [1.82, 2.24) is 9.97 Å². The lowest BCUT2D eigenvalue weighted by molar-refractivity contribution is 0.102. The number of amides is 1. The standard InChI is InChI=1S/C15H14N4O2/c1-8-6-9(2-4-11(8)16)14(20)17-10-3-5-12-13(7-10)19-15(21)18-12/h2-7H,16H2,1H3,(H,17,20)(H2,18,19,21). The average Bonchev–Trinajstić information content (AvgIpc) is 2.81. The molecule has 3 rings (SSSR count). The van der Waals surface area contributed by atoms with Gasteiger partial charge in [-0.3, -0.25) is 4.79 Å². The van der Waals surface area contributed by atoms with Crippen LogP contribution in [0, 0.1) is 6.92 Å². The van der Waals surface area contributed by atoms with Crippen molar-refractivity contribution in [3.8, 4) is 0 Å². The Labute approximate surface area is 120 Å².